The third-order valence-electron chi connectivity index (χ3n) is 4.82. The number of nitrogens with two attached hydrogens (primary N) is 1. The zero-order valence-electron chi connectivity index (χ0n) is 15.9. The van der Waals surface area contributed by atoms with Crippen molar-refractivity contribution in [2.45, 2.75) is 39.0 Å². The number of nitrogens with zero attached hydrogens (tertiary/aromatic N) is 1. The number of rotatable bonds is 5. The summed E-state index contributed by atoms with van der Waals surface area (Å²) >= 11 is 6.07. The predicted octanol–water partition coefficient (Wildman–Crippen LogP) is 4.90. The minimum atomic E-state index is -0.117. The normalized spacial score (nSPS) is 13.3. The number of fused-ring (bicyclic) bond motifs is 1. The highest BCUT2D eigenvalue weighted by Crippen LogP contribution is 2.27. The summed E-state index contributed by atoms with van der Waals surface area (Å²) in [4.78, 5) is 16.4. The van der Waals surface area contributed by atoms with Crippen molar-refractivity contribution >= 4 is 58.8 Å². The Hall–Kier alpha value is -1.80. The standard InChI is InChI=1S/C21H25ClN4O.HI/c1-14-17(22)9-5-10-18(14)25-20(27)12-13-24-21(23)26-19-11-4-7-15-6-2-3-8-16(15)19;/h4-5,7,9-11H,2-3,6,8,12-13H2,1H3,(H,25,27)(H3,23,24,26);1H. The molecule has 0 fully saturated rings. The van der Waals surface area contributed by atoms with Crippen LogP contribution in [-0.4, -0.2) is 18.4 Å². The number of hydrogen-bond acceptors (Lipinski definition) is 2. The number of benzene rings is 2. The van der Waals surface area contributed by atoms with E-state index in [9.17, 15) is 4.79 Å². The van der Waals surface area contributed by atoms with Gasteiger partial charge in [-0.1, -0.05) is 29.8 Å². The van der Waals surface area contributed by atoms with E-state index in [4.69, 9.17) is 17.3 Å². The van der Waals surface area contributed by atoms with Gasteiger partial charge in [-0.05, 0) is 67.5 Å². The molecule has 1 aliphatic rings. The molecule has 1 amide bonds. The molecule has 28 heavy (non-hydrogen) atoms. The third kappa shape index (κ3) is 5.85. The van der Waals surface area contributed by atoms with E-state index in [1.54, 1.807) is 6.07 Å². The van der Waals surface area contributed by atoms with Gasteiger partial charge < -0.3 is 16.4 Å². The van der Waals surface area contributed by atoms with Crippen molar-refractivity contribution < 1.29 is 4.79 Å². The molecule has 2 aromatic carbocycles. The Morgan fingerprint density at radius 1 is 1.11 bits per heavy atom. The maximum atomic E-state index is 12.1. The van der Waals surface area contributed by atoms with Gasteiger partial charge in [0.1, 0.15) is 0 Å². The largest absolute Gasteiger partial charge is 0.370 e. The molecule has 0 aromatic heterocycles. The van der Waals surface area contributed by atoms with E-state index in [1.807, 2.05) is 31.2 Å². The monoisotopic (exact) mass is 512 g/mol. The molecule has 0 aliphatic heterocycles. The molecule has 1 aliphatic carbocycles. The highest BCUT2D eigenvalue weighted by molar-refractivity contribution is 14.0. The van der Waals surface area contributed by atoms with Gasteiger partial charge in [0.25, 0.3) is 0 Å². The SMILES string of the molecule is Cc1c(Cl)cccc1NC(=O)CCN=C(N)Nc1cccc2c1CCCC2.I. The number of nitrogens with one attached hydrogen (secondary N) is 2. The summed E-state index contributed by atoms with van der Waals surface area (Å²) < 4.78 is 0. The first kappa shape index (κ1) is 22.5. The molecule has 0 spiro atoms. The molecule has 5 nitrogen and oxygen atoms in total. The predicted molar refractivity (Wildman–Crippen MR) is 128 cm³/mol. The first-order chi connectivity index (χ1) is 13.0. The first-order valence-electron chi connectivity index (χ1n) is 9.27. The van der Waals surface area contributed by atoms with Gasteiger partial charge in [-0.15, -0.1) is 24.0 Å². The zero-order chi connectivity index (χ0) is 19.2. The van der Waals surface area contributed by atoms with E-state index < -0.39 is 0 Å². The van der Waals surface area contributed by atoms with Crippen LogP contribution in [0.2, 0.25) is 5.02 Å². The Bertz CT molecular complexity index is 869. The Morgan fingerprint density at radius 3 is 2.64 bits per heavy atom. The number of carbonyl (C=O) groups excluding carboxylic acids is 1. The fourth-order valence-electron chi connectivity index (χ4n) is 3.31. The summed E-state index contributed by atoms with van der Waals surface area (Å²) in [5.41, 5.74) is 11.3. The van der Waals surface area contributed by atoms with E-state index in [0.29, 0.717) is 17.5 Å². The van der Waals surface area contributed by atoms with Crippen LogP contribution in [0.3, 0.4) is 0 Å². The van der Waals surface area contributed by atoms with Gasteiger partial charge in [0, 0.05) is 22.8 Å². The third-order valence-corrected chi connectivity index (χ3v) is 5.23. The Kier molecular flexibility index (Phi) is 8.57. The lowest BCUT2D eigenvalue weighted by molar-refractivity contribution is -0.116. The quantitative estimate of drug-likeness (QED) is 0.303. The van der Waals surface area contributed by atoms with Crippen molar-refractivity contribution in [2.75, 3.05) is 17.2 Å². The van der Waals surface area contributed by atoms with E-state index >= 15 is 0 Å². The zero-order valence-corrected chi connectivity index (χ0v) is 19.0. The molecule has 4 N–H and O–H groups in total. The summed E-state index contributed by atoms with van der Waals surface area (Å²) in [5, 5.41) is 6.68. The Balaban J connectivity index is 0.00000280. The summed E-state index contributed by atoms with van der Waals surface area (Å²) in [5.74, 6) is 0.217. The molecule has 0 atom stereocenters. The minimum absolute atomic E-state index is 0. The van der Waals surface area contributed by atoms with Crippen molar-refractivity contribution in [1.29, 1.82) is 0 Å². The lowest BCUT2D eigenvalue weighted by atomic mass is 9.90. The summed E-state index contributed by atoms with van der Waals surface area (Å²) in [7, 11) is 0. The molecule has 150 valence electrons. The lowest BCUT2D eigenvalue weighted by Crippen LogP contribution is -2.25. The van der Waals surface area contributed by atoms with Crippen LogP contribution in [0.5, 0.6) is 0 Å². The Labute approximate surface area is 188 Å². The number of halogens is 2. The number of anilines is 2. The molecule has 0 saturated carbocycles. The van der Waals surface area contributed by atoms with Crippen molar-refractivity contribution in [1.82, 2.24) is 0 Å². The van der Waals surface area contributed by atoms with Crippen molar-refractivity contribution in [3.63, 3.8) is 0 Å². The van der Waals surface area contributed by atoms with Crippen LogP contribution in [0, 0.1) is 6.92 Å². The van der Waals surface area contributed by atoms with Gasteiger partial charge in [0.05, 0.1) is 6.54 Å². The molecule has 2 aromatic rings. The fraction of sp³-hybridized carbons (Fsp3) is 0.333. The maximum Gasteiger partial charge on any atom is 0.226 e. The highest BCUT2D eigenvalue weighted by atomic mass is 127. The van der Waals surface area contributed by atoms with Crippen LogP contribution in [-0.2, 0) is 17.6 Å². The van der Waals surface area contributed by atoms with E-state index in [2.05, 4.69) is 21.7 Å². The average molecular weight is 513 g/mol. The van der Waals surface area contributed by atoms with Crippen molar-refractivity contribution in [3.05, 3.63) is 58.1 Å². The fourth-order valence-corrected chi connectivity index (χ4v) is 3.48. The second-order valence-electron chi connectivity index (χ2n) is 6.75. The molecular weight excluding hydrogens is 487 g/mol. The van der Waals surface area contributed by atoms with Gasteiger partial charge in [-0.25, -0.2) is 0 Å². The van der Waals surface area contributed by atoms with E-state index in [-0.39, 0.29) is 36.3 Å². The van der Waals surface area contributed by atoms with Crippen LogP contribution >= 0.6 is 35.6 Å². The lowest BCUT2D eigenvalue weighted by Gasteiger charge is -2.19. The molecule has 7 heteroatoms. The van der Waals surface area contributed by atoms with Gasteiger partial charge >= 0.3 is 0 Å². The van der Waals surface area contributed by atoms with Gasteiger partial charge in [-0.2, -0.15) is 0 Å². The van der Waals surface area contributed by atoms with Crippen LogP contribution in [0.15, 0.2) is 41.4 Å². The number of guanidine groups is 1. The number of aryl methyl sites for hydroxylation is 1. The number of carbonyl (C=O) groups is 1. The van der Waals surface area contributed by atoms with Crippen LogP contribution in [0.1, 0.15) is 36.0 Å². The molecule has 0 unspecified atom stereocenters. The van der Waals surface area contributed by atoms with E-state index in [1.165, 1.54) is 24.0 Å². The second kappa shape index (κ2) is 10.7. The molecule has 3 rings (SSSR count). The number of amides is 1. The average Bonchev–Trinajstić information content (AvgIpc) is 2.66. The van der Waals surface area contributed by atoms with E-state index in [0.717, 1.165) is 29.8 Å². The molecular formula is C21H26ClIN4O. The second-order valence-corrected chi connectivity index (χ2v) is 7.16. The van der Waals surface area contributed by atoms with Gasteiger partial charge in [0.2, 0.25) is 5.91 Å². The Morgan fingerprint density at radius 2 is 1.82 bits per heavy atom. The van der Waals surface area contributed by atoms with Crippen LogP contribution < -0.4 is 16.4 Å². The number of hydrogen-bond donors (Lipinski definition) is 3. The molecule has 0 bridgehead atoms. The summed E-state index contributed by atoms with van der Waals surface area (Å²) in [6.07, 6.45) is 4.87. The first-order valence-corrected chi connectivity index (χ1v) is 9.65. The van der Waals surface area contributed by atoms with Gasteiger partial charge in [-0.3, -0.25) is 9.79 Å². The molecule has 0 radical (unpaired) electrons. The molecule has 0 saturated heterocycles. The van der Waals surface area contributed by atoms with Crippen molar-refractivity contribution in [3.8, 4) is 0 Å². The van der Waals surface area contributed by atoms with Gasteiger partial charge in [0.15, 0.2) is 5.96 Å². The summed E-state index contributed by atoms with van der Waals surface area (Å²) in [6.45, 7) is 2.19. The maximum absolute atomic E-state index is 12.1. The topological polar surface area (TPSA) is 79.5 Å². The van der Waals surface area contributed by atoms with Crippen molar-refractivity contribution in [2.24, 2.45) is 10.7 Å². The van der Waals surface area contributed by atoms with Crippen LogP contribution in [0.25, 0.3) is 0 Å². The van der Waals surface area contributed by atoms with Crippen LogP contribution in [0.4, 0.5) is 11.4 Å². The minimum Gasteiger partial charge on any atom is -0.370 e. The summed E-state index contributed by atoms with van der Waals surface area (Å²) in [6, 6.07) is 11.7. The number of aliphatic imine (C=N–C) groups is 1. The smallest absolute Gasteiger partial charge is 0.226 e. The molecule has 0 heterocycles. The highest BCUT2D eigenvalue weighted by Gasteiger charge is 2.13.